The van der Waals surface area contributed by atoms with E-state index in [1.165, 1.54) is 9.88 Å². The van der Waals surface area contributed by atoms with Crippen LogP contribution in [0, 0.1) is 10.1 Å². The van der Waals surface area contributed by atoms with Gasteiger partial charge in [-0.2, -0.15) is 4.58 Å². The first-order chi connectivity index (χ1) is 13.8. The minimum Gasteiger partial charge on any atom is -0.363 e. The third-order valence-electron chi connectivity index (χ3n) is 5.54. The Bertz CT molecular complexity index is 973. The molecule has 5 nitrogen and oxygen atoms in total. The van der Waals surface area contributed by atoms with Gasteiger partial charge in [0.15, 0.2) is 5.71 Å². The molecule has 0 spiro atoms. The van der Waals surface area contributed by atoms with Crippen LogP contribution in [0.15, 0.2) is 36.4 Å². The molecule has 0 N–H and O–H groups in total. The van der Waals surface area contributed by atoms with Gasteiger partial charge in [0, 0.05) is 80.5 Å². The molecular formula is C23H30N3O2SY+. The maximum atomic E-state index is 11.2. The van der Waals surface area contributed by atoms with Crippen LogP contribution in [-0.4, -0.2) is 35.3 Å². The van der Waals surface area contributed by atoms with Crippen LogP contribution in [0.3, 0.4) is 0 Å². The number of allylic oxidation sites excluding steroid dienone is 1. The molecule has 0 saturated heterocycles. The molecule has 1 radical (unpaired) electrons. The smallest absolute Gasteiger partial charge is 0.270 e. The number of nitrogens with zero attached hydrogens (tertiary/aromatic N) is 3. The van der Waals surface area contributed by atoms with Gasteiger partial charge in [-0.25, -0.2) is 0 Å². The zero-order valence-electron chi connectivity index (χ0n) is 18.5. The number of benzene rings is 1. The summed E-state index contributed by atoms with van der Waals surface area (Å²) in [6, 6.07) is 9.53. The molecule has 0 atom stereocenters. The maximum absolute atomic E-state index is 11.2. The van der Waals surface area contributed by atoms with Gasteiger partial charge in [-0.1, -0.05) is 13.8 Å². The van der Waals surface area contributed by atoms with Crippen molar-refractivity contribution in [2.75, 3.05) is 25.0 Å². The third kappa shape index (κ3) is 4.92. The van der Waals surface area contributed by atoms with Gasteiger partial charge >= 0.3 is 0 Å². The van der Waals surface area contributed by atoms with Gasteiger partial charge in [-0.15, -0.1) is 11.3 Å². The van der Waals surface area contributed by atoms with Gasteiger partial charge < -0.3 is 4.90 Å². The van der Waals surface area contributed by atoms with E-state index in [0.717, 1.165) is 42.9 Å². The molecule has 0 aliphatic carbocycles. The molecule has 1 aromatic carbocycles. The van der Waals surface area contributed by atoms with Crippen LogP contribution in [-0.2, 0) is 38.1 Å². The first kappa shape index (κ1) is 24.9. The van der Waals surface area contributed by atoms with Crippen LogP contribution in [0.2, 0.25) is 0 Å². The van der Waals surface area contributed by atoms with Crippen LogP contribution in [0.5, 0.6) is 0 Å². The topological polar surface area (TPSA) is 49.4 Å². The Balaban J connectivity index is 0.00000320. The van der Waals surface area contributed by atoms with Crippen molar-refractivity contribution in [3.63, 3.8) is 0 Å². The van der Waals surface area contributed by atoms with Crippen molar-refractivity contribution in [3.05, 3.63) is 57.0 Å². The molecule has 0 unspecified atom stereocenters. The second kappa shape index (κ2) is 10.3. The van der Waals surface area contributed by atoms with Crippen LogP contribution < -0.4 is 4.90 Å². The predicted molar refractivity (Wildman–Crippen MR) is 123 cm³/mol. The number of nitro benzene ring substituents is 1. The molecule has 3 rings (SSSR count). The Kier molecular flexibility index (Phi) is 8.55. The van der Waals surface area contributed by atoms with Crippen molar-refractivity contribution >= 4 is 39.5 Å². The minimum absolute atomic E-state index is 0. The molecule has 1 aromatic heterocycles. The van der Waals surface area contributed by atoms with Crippen LogP contribution in [0.1, 0.15) is 51.0 Å². The van der Waals surface area contributed by atoms with Gasteiger partial charge in [0.25, 0.3) is 5.69 Å². The molecule has 0 fully saturated rings. The molecule has 7 heteroatoms. The average Bonchev–Trinajstić information content (AvgIpc) is 3.22. The maximum Gasteiger partial charge on any atom is 0.270 e. The van der Waals surface area contributed by atoms with E-state index < -0.39 is 0 Å². The van der Waals surface area contributed by atoms with E-state index in [1.807, 2.05) is 24.5 Å². The SMILES string of the molecule is CCCN(CCC)c1ccc(C=CC2=[N+](C)c3ccc([N+](=O)[O-])cc3C2(C)C)s1.[Y]. The van der Waals surface area contributed by atoms with E-state index in [0.29, 0.717) is 0 Å². The van der Waals surface area contributed by atoms with E-state index in [1.54, 1.807) is 12.1 Å². The number of rotatable bonds is 8. The summed E-state index contributed by atoms with van der Waals surface area (Å²) in [4.78, 5) is 14.6. The second-order valence-electron chi connectivity index (χ2n) is 8.02. The predicted octanol–water partition coefficient (Wildman–Crippen LogP) is 6.00. The summed E-state index contributed by atoms with van der Waals surface area (Å²) in [6.45, 7) is 10.9. The summed E-state index contributed by atoms with van der Waals surface area (Å²) in [7, 11) is 2.03. The van der Waals surface area contributed by atoms with Gasteiger partial charge in [0.2, 0.25) is 5.69 Å². The summed E-state index contributed by atoms with van der Waals surface area (Å²) < 4.78 is 2.14. The van der Waals surface area contributed by atoms with Crippen LogP contribution >= 0.6 is 11.3 Å². The first-order valence-corrected chi connectivity index (χ1v) is 11.0. The van der Waals surface area contributed by atoms with E-state index in [2.05, 4.69) is 61.5 Å². The standard InChI is InChI=1S/C23H30N3O2S.Y/c1-6-14-25(15-7-2)22-13-10-18(29-22)9-12-21-23(3,4)19-16-17(26(27)28)8-11-20(19)24(21)5;/h8-13,16H,6-7,14-15H2,1-5H3;/q+1;. The number of anilines is 1. The molecule has 2 aromatic rings. The number of fused-ring (bicyclic) bond motifs is 1. The Morgan fingerprint density at radius 2 is 1.80 bits per heavy atom. The molecule has 0 saturated carbocycles. The Labute approximate surface area is 208 Å². The zero-order valence-corrected chi connectivity index (χ0v) is 22.2. The summed E-state index contributed by atoms with van der Waals surface area (Å²) in [5.74, 6) is 0. The number of nitro groups is 1. The van der Waals surface area contributed by atoms with Crippen molar-refractivity contribution in [3.8, 4) is 0 Å². The molecule has 1 aliphatic heterocycles. The number of thiophene rings is 1. The van der Waals surface area contributed by atoms with Gasteiger partial charge in [-0.05, 0) is 44.9 Å². The molecule has 30 heavy (non-hydrogen) atoms. The Morgan fingerprint density at radius 1 is 1.13 bits per heavy atom. The summed E-state index contributed by atoms with van der Waals surface area (Å²) in [6.07, 6.45) is 6.61. The summed E-state index contributed by atoms with van der Waals surface area (Å²) in [5.41, 5.74) is 3.03. The zero-order chi connectivity index (χ0) is 21.2. The van der Waals surface area contributed by atoms with Crippen molar-refractivity contribution in [1.82, 2.24) is 0 Å². The molecule has 2 heterocycles. The molecular weight excluding hydrogens is 471 g/mol. The quantitative estimate of drug-likeness (QED) is 0.253. The van der Waals surface area contributed by atoms with E-state index in [4.69, 9.17) is 0 Å². The fraction of sp³-hybridized carbons (Fsp3) is 0.435. The van der Waals surface area contributed by atoms with Gasteiger partial charge in [0.05, 0.1) is 15.3 Å². The molecule has 0 amide bonds. The number of non-ortho nitro benzene ring substituents is 1. The molecule has 157 valence electrons. The summed E-state index contributed by atoms with van der Waals surface area (Å²) in [5, 5.41) is 12.5. The van der Waals surface area contributed by atoms with Crippen molar-refractivity contribution < 1.29 is 42.2 Å². The van der Waals surface area contributed by atoms with Crippen LogP contribution in [0.25, 0.3) is 6.08 Å². The van der Waals surface area contributed by atoms with E-state index in [-0.39, 0.29) is 48.7 Å². The Morgan fingerprint density at radius 3 is 2.40 bits per heavy atom. The van der Waals surface area contributed by atoms with Gasteiger partial charge in [0.1, 0.15) is 7.05 Å². The van der Waals surface area contributed by atoms with Crippen molar-refractivity contribution in [1.29, 1.82) is 0 Å². The average molecular weight is 501 g/mol. The summed E-state index contributed by atoms with van der Waals surface area (Å²) >= 11 is 1.81. The largest absolute Gasteiger partial charge is 0.363 e. The van der Waals surface area contributed by atoms with Crippen LogP contribution in [0.4, 0.5) is 16.4 Å². The van der Waals surface area contributed by atoms with E-state index >= 15 is 0 Å². The van der Waals surface area contributed by atoms with Crippen molar-refractivity contribution in [2.45, 2.75) is 46.0 Å². The molecule has 0 bridgehead atoms. The Hall–Kier alpha value is -1.37. The molecule has 1 aliphatic rings. The number of hydrogen-bond acceptors (Lipinski definition) is 4. The monoisotopic (exact) mass is 501 g/mol. The van der Waals surface area contributed by atoms with Gasteiger partial charge in [-0.3, -0.25) is 10.1 Å². The van der Waals surface area contributed by atoms with E-state index in [9.17, 15) is 10.1 Å². The fourth-order valence-corrected chi connectivity index (χ4v) is 5.03. The fourth-order valence-electron chi connectivity index (χ4n) is 4.07. The van der Waals surface area contributed by atoms with Crippen molar-refractivity contribution in [2.24, 2.45) is 0 Å². The number of hydrogen-bond donors (Lipinski definition) is 0. The first-order valence-electron chi connectivity index (χ1n) is 10.2. The minimum atomic E-state index is -0.324. The third-order valence-corrected chi connectivity index (χ3v) is 6.66. The normalized spacial score (nSPS) is 14.7. The second-order valence-corrected chi connectivity index (χ2v) is 9.12.